The molecule has 0 aliphatic carbocycles. The van der Waals surface area contributed by atoms with Crippen molar-refractivity contribution in [1.82, 2.24) is 15.5 Å². The highest BCUT2D eigenvalue weighted by Gasteiger charge is 2.19. The Kier molecular flexibility index (Phi) is 5.65. The zero-order valence-corrected chi connectivity index (χ0v) is 9.88. The third-order valence-corrected chi connectivity index (χ3v) is 2.91. The van der Waals surface area contributed by atoms with Crippen molar-refractivity contribution in [3.8, 4) is 0 Å². The maximum Gasteiger partial charge on any atom is 0.233 e. The number of likely N-dealkylation sites (N-methyl/N-ethyl adjacent to an activating group) is 1. The number of nitrogens with zero attached hydrogens (tertiary/aromatic N) is 1. The molecule has 1 amide bonds. The number of hydrogen-bond acceptors (Lipinski definition) is 3. The van der Waals surface area contributed by atoms with Crippen LogP contribution in [0.15, 0.2) is 0 Å². The molecule has 1 fully saturated rings. The Balaban J connectivity index is 2.02. The van der Waals surface area contributed by atoms with Crippen LogP contribution in [0.1, 0.15) is 26.2 Å². The lowest BCUT2D eigenvalue weighted by Gasteiger charge is -2.19. The molecule has 1 atom stereocenters. The third-order valence-electron chi connectivity index (χ3n) is 2.91. The van der Waals surface area contributed by atoms with E-state index in [2.05, 4.69) is 29.5 Å². The number of carbonyl (C=O) groups excluding carboxylic acids is 1. The van der Waals surface area contributed by atoms with Gasteiger partial charge in [0.25, 0.3) is 0 Å². The van der Waals surface area contributed by atoms with Crippen LogP contribution in [0.25, 0.3) is 0 Å². The van der Waals surface area contributed by atoms with Gasteiger partial charge in [0.15, 0.2) is 0 Å². The molecule has 4 nitrogen and oxygen atoms in total. The molecule has 88 valence electrons. The molecule has 0 radical (unpaired) electrons. The molecular formula is C11H23N3O. The van der Waals surface area contributed by atoms with Crippen molar-refractivity contribution >= 4 is 5.91 Å². The molecule has 1 aliphatic heterocycles. The third kappa shape index (κ3) is 4.62. The Morgan fingerprint density at radius 1 is 1.53 bits per heavy atom. The first-order chi connectivity index (χ1) is 7.24. The van der Waals surface area contributed by atoms with Crippen LogP contribution >= 0.6 is 0 Å². The number of amides is 1. The smallest absolute Gasteiger partial charge is 0.233 e. The van der Waals surface area contributed by atoms with Gasteiger partial charge >= 0.3 is 0 Å². The SMILES string of the molecule is CCCNC(=O)CNCC1CCCN1C. The lowest BCUT2D eigenvalue weighted by Crippen LogP contribution is -2.40. The van der Waals surface area contributed by atoms with Gasteiger partial charge in [-0.05, 0) is 32.9 Å². The van der Waals surface area contributed by atoms with Crippen molar-refractivity contribution in [2.45, 2.75) is 32.2 Å². The van der Waals surface area contributed by atoms with Gasteiger partial charge in [0.2, 0.25) is 5.91 Å². The van der Waals surface area contributed by atoms with E-state index in [1.54, 1.807) is 0 Å². The number of hydrogen-bond donors (Lipinski definition) is 2. The maximum atomic E-state index is 11.3. The number of nitrogens with one attached hydrogen (secondary N) is 2. The Bertz CT molecular complexity index is 196. The van der Waals surface area contributed by atoms with Crippen LogP contribution in [0, 0.1) is 0 Å². The van der Waals surface area contributed by atoms with Crippen LogP contribution in [-0.4, -0.2) is 50.1 Å². The van der Waals surface area contributed by atoms with Crippen LogP contribution in [0.4, 0.5) is 0 Å². The van der Waals surface area contributed by atoms with Gasteiger partial charge in [-0.2, -0.15) is 0 Å². The second kappa shape index (κ2) is 6.80. The normalized spacial score (nSPS) is 21.9. The Morgan fingerprint density at radius 3 is 2.93 bits per heavy atom. The first-order valence-electron chi connectivity index (χ1n) is 5.91. The molecule has 0 aromatic carbocycles. The van der Waals surface area contributed by atoms with Crippen molar-refractivity contribution in [2.24, 2.45) is 0 Å². The van der Waals surface area contributed by atoms with Crippen molar-refractivity contribution in [3.05, 3.63) is 0 Å². The number of carbonyl (C=O) groups is 1. The topological polar surface area (TPSA) is 44.4 Å². The summed E-state index contributed by atoms with van der Waals surface area (Å²) < 4.78 is 0. The molecule has 15 heavy (non-hydrogen) atoms. The fraction of sp³-hybridized carbons (Fsp3) is 0.909. The summed E-state index contributed by atoms with van der Waals surface area (Å²) in [6.07, 6.45) is 3.53. The number of rotatable bonds is 6. The molecule has 1 aliphatic rings. The van der Waals surface area contributed by atoms with Crippen LogP contribution in [0.3, 0.4) is 0 Å². The summed E-state index contributed by atoms with van der Waals surface area (Å²) in [5, 5.41) is 6.07. The van der Waals surface area contributed by atoms with E-state index in [-0.39, 0.29) is 5.91 Å². The summed E-state index contributed by atoms with van der Waals surface area (Å²) in [7, 11) is 2.15. The molecule has 0 aromatic heterocycles. The molecule has 1 heterocycles. The second-order valence-corrected chi connectivity index (χ2v) is 4.26. The van der Waals surface area contributed by atoms with Crippen molar-refractivity contribution < 1.29 is 4.79 Å². The average Bonchev–Trinajstić information content (AvgIpc) is 2.61. The van der Waals surface area contributed by atoms with E-state index in [9.17, 15) is 4.79 Å². The van der Waals surface area contributed by atoms with Gasteiger partial charge in [0.1, 0.15) is 0 Å². The molecule has 4 heteroatoms. The van der Waals surface area contributed by atoms with Crippen LogP contribution in [0.5, 0.6) is 0 Å². The van der Waals surface area contributed by atoms with E-state index in [0.717, 1.165) is 19.5 Å². The van der Waals surface area contributed by atoms with Gasteiger partial charge in [0.05, 0.1) is 6.54 Å². The largest absolute Gasteiger partial charge is 0.355 e. The quantitative estimate of drug-likeness (QED) is 0.662. The number of likely N-dealkylation sites (tertiary alicyclic amines) is 1. The summed E-state index contributed by atoms with van der Waals surface area (Å²) in [5.74, 6) is 0.109. The van der Waals surface area contributed by atoms with E-state index in [0.29, 0.717) is 12.6 Å². The predicted molar refractivity (Wildman–Crippen MR) is 61.8 cm³/mol. The molecule has 1 unspecified atom stereocenters. The minimum absolute atomic E-state index is 0.109. The first kappa shape index (κ1) is 12.5. The lowest BCUT2D eigenvalue weighted by atomic mass is 10.2. The molecule has 0 bridgehead atoms. The van der Waals surface area contributed by atoms with Crippen LogP contribution in [0.2, 0.25) is 0 Å². The van der Waals surface area contributed by atoms with Gasteiger partial charge in [0, 0.05) is 19.1 Å². The maximum absolute atomic E-state index is 11.3. The lowest BCUT2D eigenvalue weighted by molar-refractivity contribution is -0.120. The van der Waals surface area contributed by atoms with Gasteiger partial charge in [-0.15, -0.1) is 0 Å². The molecule has 1 rings (SSSR count). The van der Waals surface area contributed by atoms with E-state index >= 15 is 0 Å². The molecule has 0 saturated carbocycles. The zero-order valence-electron chi connectivity index (χ0n) is 9.88. The minimum Gasteiger partial charge on any atom is -0.355 e. The van der Waals surface area contributed by atoms with E-state index < -0.39 is 0 Å². The minimum atomic E-state index is 0.109. The fourth-order valence-electron chi connectivity index (χ4n) is 1.92. The highest BCUT2D eigenvalue weighted by molar-refractivity contribution is 5.77. The standard InChI is InChI=1S/C11H23N3O/c1-3-6-13-11(15)9-12-8-10-5-4-7-14(10)2/h10,12H,3-9H2,1-2H3,(H,13,15). The van der Waals surface area contributed by atoms with Gasteiger partial charge < -0.3 is 15.5 Å². The molecule has 0 spiro atoms. The Hall–Kier alpha value is -0.610. The van der Waals surface area contributed by atoms with Crippen LogP contribution < -0.4 is 10.6 Å². The Morgan fingerprint density at radius 2 is 2.33 bits per heavy atom. The monoisotopic (exact) mass is 213 g/mol. The average molecular weight is 213 g/mol. The highest BCUT2D eigenvalue weighted by atomic mass is 16.1. The van der Waals surface area contributed by atoms with Crippen molar-refractivity contribution in [2.75, 3.05) is 33.2 Å². The van der Waals surface area contributed by atoms with E-state index in [1.165, 1.54) is 19.4 Å². The Labute approximate surface area is 92.4 Å². The highest BCUT2D eigenvalue weighted by Crippen LogP contribution is 2.13. The zero-order chi connectivity index (χ0) is 11.1. The predicted octanol–water partition coefficient (Wildman–Crippen LogP) is 0.196. The van der Waals surface area contributed by atoms with Crippen molar-refractivity contribution in [3.63, 3.8) is 0 Å². The first-order valence-corrected chi connectivity index (χ1v) is 5.91. The van der Waals surface area contributed by atoms with Gasteiger partial charge in [-0.25, -0.2) is 0 Å². The van der Waals surface area contributed by atoms with Crippen molar-refractivity contribution in [1.29, 1.82) is 0 Å². The summed E-state index contributed by atoms with van der Waals surface area (Å²) in [6, 6.07) is 0.615. The molecule has 0 aromatic rings. The van der Waals surface area contributed by atoms with E-state index in [4.69, 9.17) is 0 Å². The molecular weight excluding hydrogens is 190 g/mol. The summed E-state index contributed by atoms with van der Waals surface area (Å²) in [5.41, 5.74) is 0. The van der Waals surface area contributed by atoms with Gasteiger partial charge in [-0.1, -0.05) is 6.92 Å². The van der Waals surface area contributed by atoms with Crippen LogP contribution in [-0.2, 0) is 4.79 Å². The second-order valence-electron chi connectivity index (χ2n) is 4.26. The van der Waals surface area contributed by atoms with Gasteiger partial charge in [-0.3, -0.25) is 4.79 Å². The summed E-state index contributed by atoms with van der Waals surface area (Å²) in [4.78, 5) is 13.6. The summed E-state index contributed by atoms with van der Waals surface area (Å²) >= 11 is 0. The molecule has 1 saturated heterocycles. The van der Waals surface area contributed by atoms with E-state index in [1.807, 2.05) is 0 Å². The fourth-order valence-corrected chi connectivity index (χ4v) is 1.92. The summed E-state index contributed by atoms with van der Waals surface area (Å²) in [6.45, 7) is 5.40. The molecule has 2 N–H and O–H groups in total.